The Bertz CT molecular complexity index is 1060. The van der Waals surface area contributed by atoms with E-state index in [4.69, 9.17) is 21.1 Å². The van der Waals surface area contributed by atoms with Crippen LogP contribution >= 0.6 is 11.6 Å². The van der Waals surface area contributed by atoms with Crippen LogP contribution in [0.1, 0.15) is 34.2 Å². The summed E-state index contributed by atoms with van der Waals surface area (Å²) in [6.07, 6.45) is 0.522. The molecule has 0 bridgehead atoms. The highest BCUT2D eigenvalue weighted by Gasteiger charge is 2.44. The lowest BCUT2D eigenvalue weighted by atomic mass is 9.82. The zero-order chi connectivity index (χ0) is 22.6. The van der Waals surface area contributed by atoms with E-state index >= 15 is 0 Å². The topological polar surface area (TPSA) is 30.5 Å². The van der Waals surface area contributed by atoms with Gasteiger partial charge in [0.05, 0.1) is 13.2 Å². The van der Waals surface area contributed by atoms with Gasteiger partial charge in [-0.3, -0.25) is 0 Å². The Morgan fingerprint density at radius 3 is 2.50 bits per heavy atom. The largest absolute Gasteiger partial charge is 0.369 e. The molecule has 0 aromatic heterocycles. The molecule has 4 rings (SSSR count). The molecule has 0 amide bonds. The van der Waals surface area contributed by atoms with E-state index in [-0.39, 0.29) is 11.9 Å². The summed E-state index contributed by atoms with van der Waals surface area (Å²) in [7, 11) is 0. The Hall–Kier alpha value is -2.24. The van der Waals surface area contributed by atoms with Crippen molar-refractivity contribution >= 4 is 11.6 Å². The molecule has 1 aliphatic rings. The Morgan fingerprint density at radius 1 is 0.969 bits per heavy atom. The molecule has 1 fully saturated rings. The van der Waals surface area contributed by atoms with Gasteiger partial charge in [0.25, 0.3) is 0 Å². The monoisotopic (exact) mass is 453 g/mol. The molecule has 32 heavy (non-hydrogen) atoms. The van der Waals surface area contributed by atoms with Crippen LogP contribution in [0, 0.1) is 19.7 Å². The molecule has 2 unspecified atom stereocenters. The number of hydrogen-bond acceptors (Lipinski definition) is 3. The first-order chi connectivity index (χ1) is 15.5. The van der Waals surface area contributed by atoms with E-state index in [0.29, 0.717) is 24.8 Å². The van der Waals surface area contributed by atoms with Crippen LogP contribution in [0.15, 0.2) is 66.7 Å². The molecule has 1 aliphatic heterocycles. The summed E-state index contributed by atoms with van der Waals surface area (Å²) in [6.45, 7) is 6.47. The third-order valence-electron chi connectivity index (χ3n) is 6.26. The third-order valence-corrected chi connectivity index (χ3v) is 6.52. The SMILES string of the molecule is Cc1ccc(COC2CNCCC2(OCc2cccc(F)c2)c2ccc(Cl)cc2)cc1C. The average Bonchev–Trinajstić information content (AvgIpc) is 2.79. The second kappa shape index (κ2) is 10.1. The molecule has 3 aromatic rings. The van der Waals surface area contributed by atoms with Crippen molar-refractivity contribution in [2.75, 3.05) is 13.1 Å². The van der Waals surface area contributed by atoms with Gasteiger partial charge in [0.2, 0.25) is 0 Å². The number of aryl methyl sites for hydroxylation is 2. The van der Waals surface area contributed by atoms with Gasteiger partial charge in [-0.05, 0) is 78.9 Å². The first-order valence-electron chi connectivity index (χ1n) is 11.0. The minimum Gasteiger partial charge on any atom is -0.369 e. The summed E-state index contributed by atoms with van der Waals surface area (Å²) < 4.78 is 26.8. The molecular weight excluding hydrogens is 425 g/mol. The van der Waals surface area contributed by atoms with Crippen molar-refractivity contribution in [1.82, 2.24) is 5.32 Å². The molecule has 0 saturated carbocycles. The van der Waals surface area contributed by atoms with E-state index in [1.165, 1.54) is 23.3 Å². The standard InChI is InChI=1S/C27H29ClFNO2/c1-19-6-7-22(14-20(19)2)17-31-26-16-30-13-12-27(26,23-8-10-24(28)11-9-23)32-18-21-4-3-5-25(29)15-21/h3-11,14-15,26,30H,12-13,16-18H2,1-2H3. The maximum Gasteiger partial charge on any atom is 0.123 e. The number of rotatable bonds is 7. The zero-order valence-electron chi connectivity index (χ0n) is 18.5. The predicted octanol–water partition coefficient (Wildman–Crippen LogP) is 6.09. The summed E-state index contributed by atoms with van der Waals surface area (Å²) >= 11 is 6.17. The molecular formula is C27H29ClFNO2. The van der Waals surface area contributed by atoms with Gasteiger partial charge in [-0.2, -0.15) is 0 Å². The first kappa shape index (κ1) is 22.9. The van der Waals surface area contributed by atoms with Gasteiger partial charge in [0.15, 0.2) is 0 Å². The smallest absolute Gasteiger partial charge is 0.123 e. The van der Waals surface area contributed by atoms with Gasteiger partial charge in [0, 0.05) is 11.6 Å². The van der Waals surface area contributed by atoms with Gasteiger partial charge >= 0.3 is 0 Å². The Kier molecular flexibility index (Phi) is 7.27. The number of hydrogen-bond donors (Lipinski definition) is 1. The Balaban J connectivity index is 1.61. The number of benzene rings is 3. The average molecular weight is 454 g/mol. The molecule has 0 aliphatic carbocycles. The minimum absolute atomic E-state index is 0.215. The lowest BCUT2D eigenvalue weighted by Gasteiger charge is -2.44. The fourth-order valence-electron chi connectivity index (χ4n) is 4.27. The van der Waals surface area contributed by atoms with E-state index < -0.39 is 5.60 Å². The van der Waals surface area contributed by atoms with Crippen molar-refractivity contribution in [3.05, 3.63) is 105 Å². The van der Waals surface area contributed by atoms with Crippen LogP contribution in [0.5, 0.6) is 0 Å². The highest BCUT2D eigenvalue weighted by molar-refractivity contribution is 6.30. The van der Waals surface area contributed by atoms with Crippen LogP contribution in [-0.2, 0) is 28.3 Å². The summed E-state index contributed by atoms with van der Waals surface area (Å²) in [6, 6.07) is 20.7. The summed E-state index contributed by atoms with van der Waals surface area (Å²) in [5, 5.41) is 4.12. The van der Waals surface area contributed by atoms with E-state index in [2.05, 4.69) is 37.4 Å². The highest BCUT2D eigenvalue weighted by atomic mass is 35.5. The Morgan fingerprint density at radius 2 is 1.75 bits per heavy atom. The van der Waals surface area contributed by atoms with E-state index in [9.17, 15) is 4.39 Å². The first-order valence-corrected chi connectivity index (χ1v) is 11.4. The summed E-state index contributed by atoms with van der Waals surface area (Å²) in [5.74, 6) is -0.264. The van der Waals surface area contributed by atoms with Crippen molar-refractivity contribution < 1.29 is 13.9 Å². The lowest BCUT2D eigenvalue weighted by molar-refractivity contribution is -0.176. The third kappa shape index (κ3) is 5.21. The molecule has 0 radical (unpaired) electrons. The quantitative estimate of drug-likeness (QED) is 0.469. The molecule has 168 valence electrons. The molecule has 3 aromatic carbocycles. The molecule has 0 spiro atoms. The van der Waals surface area contributed by atoms with Crippen LogP contribution in [-0.4, -0.2) is 19.2 Å². The van der Waals surface area contributed by atoms with Crippen molar-refractivity contribution in [1.29, 1.82) is 0 Å². The molecule has 1 heterocycles. The van der Waals surface area contributed by atoms with Crippen LogP contribution < -0.4 is 5.32 Å². The molecule has 5 heteroatoms. The minimum atomic E-state index is -0.665. The van der Waals surface area contributed by atoms with Gasteiger partial charge in [-0.15, -0.1) is 0 Å². The van der Waals surface area contributed by atoms with Crippen LogP contribution in [0.3, 0.4) is 0 Å². The van der Waals surface area contributed by atoms with E-state index in [0.717, 1.165) is 29.7 Å². The normalized spacial score (nSPS) is 20.9. The van der Waals surface area contributed by atoms with Crippen molar-refractivity contribution in [2.45, 2.75) is 45.2 Å². The lowest BCUT2D eigenvalue weighted by Crippen LogP contribution is -2.54. The van der Waals surface area contributed by atoms with Gasteiger partial charge < -0.3 is 14.8 Å². The van der Waals surface area contributed by atoms with Crippen molar-refractivity contribution in [3.8, 4) is 0 Å². The molecule has 1 N–H and O–H groups in total. The maximum absolute atomic E-state index is 13.7. The molecule has 2 atom stereocenters. The highest BCUT2D eigenvalue weighted by Crippen LogP contribution is 2.38. The maximum atomic E-state index is 13.7. The van der Waals surface area contributed by atoms with Crippen molar-refractivity contribution in [2.24, 2.45) is 0 Å². The van der Waals surface area contributed by atoms with E-state index in [1.807, 2.05) is 30.3 Å². The summed E-state index contributed by atoms with van der Waals surface area (Å²) in [5.41, 5.74) is 4.80. The van der Waals surface area contributed by atoms with Crippen molar-refractivity contribution in [3.63, 3.8) is 0 Å². The number of halogens is 2. The number of nitrogens with one attached hydrogen (secondary N) is 1. The summed E-state index contributed by atoms with van der Waals surface area (Å²) in [4.78, 5) is 0. The van der Waals surface area contributed by atoms with Crippen LogP contribution in [0.2, 0.25) is 5.02 Å². The fourth-order valence-corrected chi connectivity index (χ4v) is 4.39. The zero-order valence-corrected chi connectivity index (χ0v) is 19.3. The number of ether oxygens (including phenoxy) is 2. The molecule has 1 saturated heterocycles. The molecule has 3 nitrogen and oxygen atoms in total. The van der Waals surface area contributed by atoms with Gasteiger partial charge in [-0.1, -0.05) is 54.1 Å². The second-order valence-corrected chi connectivity index (χ2v) is 8.92. The van der Waals surface area contributed by atoms with E-state index in [1.54, 1.807) is 6.07 Å². The predicted molar refractivity (Wildman–Crippen MR) is 126 cm³/mol. The van der Waals surface area contributed by atoms with Crippen LogP contribution in [0.25, 0.3) is 0 Å². The number of piperidine rings is 1. The van der Waals surface area contributed by atoms with Crippen LogP contribution in [0.4, 0.5) is 4.39 Å². The van der Waals surface area contributed by atoms with Gasteiger partial charge in [0.1, 0.15) is 17.5 Å². The fraction of sp³-hybridized carbons (Fsp3) is 0.333. The van der Waals surface area contributed by atoms with Gasteiger partial charge in [-0.25, -0.2) is 4.39 Å². The Labute approximate surface area is 194 Å². The second-order valence-electron chi connectivity index (χ2n) is 8.49.